The van der Waals surface area contributed by atoms with E-state index in [1.807, 2.05) is 30.3 Å². The Hall–Kier alpha value is -2.63. The second-order valence-electron chi connectivity index (χ2n) is 6.64. The van der Waals surface area contributed by atoms with Crippen LogP contribution in [0.5, 0.6) is 0 Å². The van der Waals surface area contributed by atoms with Crippen LogP contribution in [0.15, 0.2) is 83.8 Å². The standard InChI is InChI=1S/C21H21NO3S/c1-21(2,23)18-9-6-10-19(15-18)22-26(24,25)20-13-11-17(12-14-20)16-7-4-3-5-8-16/h3-15,22-23H,1-2H3. The van der Waals surface area contributed by atoms with Gasteiger partial charge >= 0.3 is 0 Å². The third-order valence-corrected chi connectivity index (χ3v) is 5.49. The Labute approximate surface area is 154 Å². The Balaban J connectivity index is 1.85. The van der Waals surface area contributed by atoms with Crippen LogP contribution in [0.2, 0.25) is 0 Å². The van der Waals surface area contributed by atoms with Gasteiger partial charge in [-0.3, -0.25) is 4.72 Å². The maximum atomic E-state index is 12.6. The fourth-order valence-corrected chi connectivity index (χ4v) is 3.68. The first-order valence-electron chi connectivity index (χ1n) is 8.27. The molecule has 0 aliphatic carbocycles. The molecule has 0 bridgehead atoms. The van der Waals surface area contributed by atoms with Crippen LogP contribution in [0, 0.1) is 0 Å². The Bertz CT molecular complexity index is 989. The van der Waals surface area contributed by atoms with Crippen molar-refractivity contribution in [1.82, 2.24) is 0 Å². The summed E-state index contributed by atoms with van der Waals surface area (Å²) in [6.45, 7) is 3.31. The molecule has 3 rings (SSSR count). The van der Waals surface area contributed by atoms with Crippen LogP contribution in [-0.4, -0.2) is 13.5 Å². The quantitative estimate of drug-likeness (QED) is 0.703. The van der Waals surface area contributed by atoms with Crippen molar-refractivity contribution in [1.29, 1.82) is 0 Å². The van der Waals surface area contributed by atoms with Gasteiger partial charge < -0.3 is 5.11 Å². The number of hydrogen-bond donors (Lipinski definition) is 2. The van der Waals surface area contributed by atoms with Gasteiger partial charge in [0.15, 0.2) is 0 Å². The van der Waals surface area contributed by atoms with Gasteiger partial charge in [0.1, 0.15) is 0 Å². The molecule has 0 saturated carbocycles. The molecule has 0 amide bonds. The van der Waals surface area contributed by atoms with Crippen LogP contribution in [-0.2, 0) is 15.6 Å². The Morgan fingerprint density at radius 2 is 1.42 bits per heavy atom. The minimum atomic E-state index is -3.71. The minimum absolute atomic E-state index is 0.186. The molecule has 0 aromatic heterocycles. The average molecular weight is 367 g/mol. The monoisotopic (exact) mass is 367 g/mol. The fraction of sp³-hybridized carbons (Fsp3) is 0.143. The topological polar surface area (TPSA) is 66.4 Å². The van der Waals surface area contributed by atoms with Crippen LogP contribution in [0.1, 0.15) is 19.4 Å². The van der Waals surface area contributed by atoms with Crippen molar-refractivity contribution in [3.63, 3.8) is 0 Å². The molecule has 0 heterocycles. The molecule has 3 aromatic rings. The summed E-state index contributed by atoms with van der Waals surface area (Å²) in [6, 6.07) is 23.3. The first-order valence-corrected chi connectivity index (χ1v) is 9.75. The summed E-state index contributed by atoms with van der Waals surface area (Å²) < 4.78 is 27.8. The van der Waals surface area contributed by atoms with Crippen molar-refractivity contribution < 1.29 is 13.5 Å². The van der Waals surface area contributed by atoms with E-state index in [-0.39, 0.29) is 4.90 Å². The van der Waals surface area contributed by atoms with Crippen LogP contribution in [0.4, 0.5) is 5.69 Å². The molecule has 3 aromatic carbocycles. The predicted octanol–water partition coefficient (Wildman–Crippen LogP) is 4.38. The van der Waals surface area contributed by atoms with Crippen molar-refractivity contribution in [2.24, 2.45) is 0 Å². The van der Waals surface area contributed by atoms with Gasteiger partial charge in [0, 0.05) is 5.69 Å². The molecule has 0 aliphatic heterocycles. The normalized spacial score (nSPS) is 12.0. The third-order valence-electron chi connectivity index (χ3n) is 4.09. The number of aliphatic hydroxyl groups is 1. The van der Waals surface area contributed by atoms with Crippen molar-refractivity contribution in [3.05, 3.63) is 84.4 Å². The predicted molar refractivity (Wildman–Crippen MR) is 104 cm³/mol. The summed E-state index contributed by atoms with van der Waals surface area (Å²) in [7, 11) is -3.71. The molecule has 0 spiro atoms. The maximum absolute atomic E-state index is 12.6. The van der Waals surface area contributed by atoms with Crippen molar-refractivity contribution >= 4 is 15.7 Å². The maximum Gasteiger partial charge on any atom is 0.261 e. The van der Waals surface area contributed by atoms with E-state index in [2.05, 4.69) is 4.72 Å². The lowest BCUT2D eigenvalue weighted by Gasteiger charge is -2.19. The highest BCUT2D eigenvalue weighted by Crippen LogP contribution is 2.25. The van der Waals surface area contributed by atoms with E-state index >= 15 is 0 Å². The molecule has 26 heavy (non-hydrogen) atoms. The molecule has 5 heteroatoms. The first kappa shape index (κ1) is 18.2. The summed E-state index contributed by atoms with van der Waals surface area (Å²) >= 11 is 0. The SMILES string of the molecule is CC(C)(O)c1cccc(NS(=O)(=O)c2ccc(-c3ccccc3)cc2)c1. The molecular weight excluding hydrogens is 346 g/mol. The van der Waals surface area contributed by atoms with Gasteiger partial charge in [-0.1, -0.05) is 54.6 Å². The highest BCUT2D eigenvalue weighted by Gasteiger charge is 2.18. The zero-order valence-corrected chi connectivity index (χ0v) is 15.5. The van der Waals surface area contributed by atoms with Gasteiger partial charge in [0.05, 0.1) is 10.5 Å². The lowest BCUT2D eigenvalue weighted by Crippen LogP contribution is -2.17. The van der Waals surface area contributed by atoms with Gasteiger partial charge in [-0.2, -0.15) is 0 Å². The van der Waals surface area contributed by atoms with E-state index in [4.69, 9.17) is 0 Å². The summed E-state index contributed by atoms with van der Waals surface area (Å²) in [5.74, 6) is 0. The Morgan fingerprint density at radius 3 is 2.04 bits per heavy atom. The lowest BCUT2D eigenvalue weighted by molar-refractivity contribution is 0.0786. The zero-order valence-electron chi connectivity index (χ0n) is 14.7. The van der Waals surface area contributed by atoms with Gasteiger partial charge in [0.2, 0.25) is 0 Å². The van der Waals surface area contributed by atoms with E-state index in [1.165, 1.54) is 0 Å². The minimum Gasteiger partial charge on any atom is -0.386 e. The number of rotatable bonds is 5. The van der Waals surface area contributed by atoms with Crippen molar-refractivity contribution in [3.8, 4) is 11.1 Å². The van der Waals surface area contributed by atoms with Crippen molar-refractivity contribution in [2.45, 2.75) is 24.3 Å². The zero-order chi connectivity index (χ0) is 18.8. The van der Waals surface area contributed by atoms with Crippen molar-refractivity contribution in [2.75, 3.05) is 4.72 Å². The summed E-state index contributed by atoms with van der Waals surface area (Å²) in [4.78, 5) is 0.186. The largest absolute Gasteiger partial charge is 0.386 e. The van der Waals surface area contributed by atoms with Crippen LogP contribution < -0.4 is 4.72 Å². The summed E-state index contributed by atoms with van der Waals surface area (Å²) in [5, 5.41) is 10.1. The number of sulfonamides is 1. The summed E-state index contributed by atoms with van der Waals surface area (Å²) in [6.07, 6.45) is 0. The van der Waals surface area contributed by atoms with Gasteiger partial charge in [0.25, 0.3) is 10.0 Å². The summed E-state index contributed by atoms with van der Waals surface area (Å²) in [5.41, 5.74) is 1.99. The first-order chi connectivity index (χ1) is 12.3. The molecule has 0 fully saturated rings. The smallest absolute Gasteiger partial charge is 0.261 e. The molecular formula is C21H21NO3S. The highest BCUT2D eigenvalue weighted by atomic mass is 32.2. The highest BCUT2D eigenvalue weighted by molar-refractivity contribution is 7.92. The molecule has 0 radical (unpaired) electrons. The third kappa shape index (κ3) is 4.12. The van der Waals surface area contributed by atoms with Crippen LogP contribution >= 0.6 is 0 Å². The number of nitrogens with one attached hydrogen (secondary N) is 1. The van der Waals surface area contributed by atoms with Gasteiger partial charge in [-0.25, -0.2) is 8.42 Å². The average Bonchev–Trinajstić information content (AvgIpc) is 2.62. The van der Waals surface area contributed by atoms with Crippen LogP contribution in [0.3, 0.4) is 0 Å². The molecule has 0 aliphatic rings. The fourth-order valence-electron chi connectivity index (χ4n) is 2.63. The number of benzene rings is 3. The van der Waals surface area contributed by atoms with E-state index in [0.717, 1.165) is 11.1 Å². The van der Waals surface area contributed by atoms with E-state index in [9.17, 15) is 13.5 Å². The van der Waals surface area contributed by atoms with E-state index in [0.29, 0.717) is 11.3 Å². The second-order valence-corrected chi connectivity index (χ2v) is 8.32. The molecule has 4 nitrogen and oxygen atoms in total. The Morgan fingerprint density at radius 1 is 0.808 bits per heavy atom. The van der Waals surface area contributed by atoms with E-state index in [1.54, 1.807) is 62.4 Å². The van der Waals surface area contributed by atoms with Gasteiger partial charge in [-0.05, 0) is 54.8 Å². The number of anilines is 1. The van der Waals surface area contributed by atoms with Crippen LogP contribution in [0.25, 0.3) is 11.1 Å². The second kappa shape index (κ2) is 6.94. The molecule has 0 unspecified atom stereocenters. The molecule has 0 saturated heterocycles. The van der Waals surface area contributed by atoms with Gasteiger partial charge in [-0.15, -0.1) is 0 Å². The Kier molecular flexibility index (Phi) is 4.85. The lowest BCUT2D eigenvalue weighted by atomic mass is 9.98. The molecule has 134 valence electrons. The van der Waals surface area contributed by atoms with E-state index < -0.39 is 15.6 Å². The molecule has 0 atom stereocenters. The molecule has 2 N–H and O–H groups in total. The number of hydrogen-bond acceptors (Lipinski definition) is 3.